The molecule has 0 aromatic heterocycles. The fourth-order valence-corrected chi connectivity index (χ4v) is 2.52. The first-order valence-corrected chi connectivity index (χ1v) is 5.29. The molecule has 0 aromatic carbocycles. The topological polar surface area (TPSA) is 60.9 Å². The van der Waals surface area contributed by atoms with Gasteiger partial charge in [0.25, 0.3) is 0 Å². The summed E-state index contributed by atoms with van der Waals surface area (Å²) < 4.78 is 0. The van der Waals surface area contributed by atoms with Gasteiger partial charge in [-0.25, -0.2) is 0 Å². The van der Waals surface area contributed by atoms with Crippen LogP contribution in [0.15, 0.2) is 0 Å². The average Bonchev–Trinajstić information content (AvgIpc) is 2.45. The number of aliphatic hydroxyl groups excluding tert-OH is 1. The van der Waals surface area contributed by atoms with Gasteiger partial charge < -0.3 is 10.0 Å². The van der Waals surface area contributed by atoms with Gasteiger partial charge in [0, 0.05) is 20.1 Å². The molecule has 2 aliphatic heterocycles. The molecule has 2 aliphatic rings. The molecule has 0 bridgehead atoms. The summed E-state index contributed by atoms with van der Waals surface area (Å²) in [5.74, 6) is -0.387. The van der Waals surface area contributed by atoms with E-state index in [1.54, 1.807) is 7.05 Å². The van der Waals surface area contributed by atoms with Gasteiger partial charge in [-0.3, -0.25) is 14.5 Å². The minimum atomic E-state index is -0.178. The van der Waals surface area contributed by atoms with Gasteiger partial charge in [0.2, 0.25) is 11.8 Å². The SMILES string of the molecule is CN1C(=O)[C@H]2CCN(CCO)C[C@@H]2C1=O. The van der Waals surface area contributed by atoms with Crippen molar-refractivity contribution < 1.29 is 14.7 Å². The molecular formula is C10H16N2O3. The predicted molar refractivity (Wildman–Crippen MR) is 52.9 cm³/mol. The Kier molecular flexibility index (Phi) is 2.75. The Morgan fingerprint density at radius 2 is 2.00 bits per heavy atom. The Bertz CT molecular complexity index is 292. The molecule has 2 atom stereocenters. The minimum absolute atomic E-state index is 0.0337. The van der Waals surface area contributed by atoms with Crippen LogP contribution in [0.25, 0.3) is 0 Å². The second kappa shape index (κ2) is 3.90. The summed E-state index contributed by atoms with van der Waals surface area (Å²) in [6.07, 6.45) is 0.736. The molecule has 2 saturated heterocycles. The summed E-state index contributed by atoms with van der Waals surface area (Å²) in [7, 11) is 1.55. The lowest BCUT2D eigenvalue weighted by molar-refractivity contribution is -0.138. The highest BCUT2D eigenvalue weighted by Crippen LogP contribution is 2.32. The average molecular weight is 212 g/mol. The standard InChI is InChI=1S/C10H16N2O3/c1-11-9(14)7-2-3-12(4-5-13)6-8(7)10(11)15/h7-8,13H,2-6H2,1H3/t7-,8-/m0/s1. The summed E-state index contributed by atoms with van der Waals surface area (Å²) in [6.45, 7) is 2.11. The maximum absolute atomic E-state index is 11.7. The molecule has 0 aromatic rings. The number of piperidine rings is 1. The van der Waals surface area contributed by atoms with Crippen LogP contribution in [-0.2, 0) is 9.59 Å². The number of nitrogens with zero attached hydrogens (tertiary/aromatic N) is 2. The number of aliphatic hydroxyl groups is 1. The van der Waals surface area contributed by atoms with Gasteiger partial charge in [-0.15, -0.1) is 0 Å². The molecule has 1 N–H and O–H groups in total. The molecule has 0 aliphatic carbocycles. The molecule has 5 heteroatoms. The Morgan fingerprint density at radius 1 is 1.33 bits per heavy atom. The van der Waals surface area contributed by atoms with E-state index in [2.05, 4.69) is 0 Å². The first-order valence-electron chi connectivity index (χ1n) is 5.29. The maximum Gasteiger partial charge on any atom is 0.234 e. The second-order valence-corrected chi connectivity index (χ2v) is 4.26. The third kappa shape index (κ3) is 1.66. The number of fused-ring (bicyclic) bond motifs is 1. The zero-order chi connectivity index (χ0) is 11.0. The molecule has 2 rings (SSSR count). The van der Waals surface area contributed by atoms with Crippen molar-refractivity contribution in [2.75, 3.05) is 33.3 Å². The fraction of sp³-hybridized carbons (Fsp3) is 0.800. The van der Waals surface area contributed by atoms with Crippen LogP contribution in [0.2, 0.25) is 0 Å². The van der Waals surface area contributed by atoms with Crippen molar-refractivity contribution in [1.29, 1.82) is 0 Å². The molecule has 0 radical (unpaired) electrons. The minimum Gasteiger partial charge on any atom is -0.395 e. The van der Waals surface area contributed by atoms with Gasteiger partial charge >= 0.3 is 0 Å². The third-order valence-corrected chi connectivity index (χ3v) is 3.41. The molecule has 2 fully saturated rings. The van der Waals surface area contributed by atoms with Gasteiger partial charge in [0.1, 0.15) is 0 Å². The number of hydrogen-bond donors (Lipinski definition) is 1. The van der Waals surface area contributed by atoms with Crippen molar-refractivity contribution in [3.63, 3.8) is 0 Å². The van der Waals surface area contributed by atoms with Crippen LogP contribution in [0.5, 0.6) is 0 Å². The number of carbonyl (C=O) groups is 2. The molecule has 0 spiro atoms. The summed E-state index contributed by atoms with van der Waals surface area (Å²) in [5, 5.41) is 8.82. The fourth-order valence-electron chi connectivity index (χ4n) is 2.52. The van der Waals surface area contributed by atoms with Crippen LogP contribution < -0.4 is 0 Å². The largest absolute Gasteiger partial charge is 0.395 e. The van der Waals surface area contributed by atoms with Crippen LogP contribution in [0.3, 0.4) is 0 Å². The number of imide groups is 1. The summed E-state index contributed by atoms with van der Waals surface area (Å²) in [5.41, 5.74) is 0. The smallest absolute Gasteiger partial charge is 0.234 e. The van der Waals surface area contributed by atoms with Crippen molar-refractivity contribution in [3.05, 3.63) is 0 Å². The Labute approximate surface area is 88.6 Å². The maximum atomic E-state index is 11.7. The highest BCUT2D eigenvalue weighted by Gasteiger charge is 2.47. The van der Waals surface area contributed by atoms with Crippen LogP contribution >= 0.6 is 0 Å². The molecule has 15 heavy (non-hydrogen) atoms. The molecule has 2 heterocycles. The van der Waals surface area contributed by atoms with E-state index in [0.29, 0.717) is 13.1 Å². The van der Waals surface area contributed by atoms with Gasteiger partial charge in [-0.1, -0.05) is 0 Å². The first-order chi connectivity index (χ1) is 7.15. The molecule has 84 valence electrons. The van der Waals surface area contributed by atoms with E-state index in [1.165, 1.54) is 4.90 Å². The molecule has 0 saturated carbocycles. The number of β-amino-alcohol motifs (C(OH)–C–C–N with tert-alkyl or cyclic N) is 1. The van der Waals surface area contributed by atoms with E-state index in [-0.39, 0.29) is 30.3 Å². The van der Waals surface area contributed by atoms with E-state index in [4.69, 9.17) is 5.11 Å². The summed E-state index contributed by atoms with van der Waals surface area (Å²) >= 11 is 0. The van der Waals surface area contributed by atoms with E-state index in [9.17, 15) is 9.59 Å². The normalized spacial score (nSPS) is 32.3. The lowest BCUT2D eigenvalue weighted by atomic mass is 9.88. The van der Waals surface area contributed by atoms with Crippen LogP contribution in [0.1, 0.15) is 6.42 Å². The highest BCUT2D eigenvalue weighted by atomic mass is 16.3. The molecule has 5 nitrogen and oxygen atoms in total. The zero-order valence-electron chi connectivity index (χ0n) is 8.85. The Balaban J connectivity index is 2.08. The molecule has 0 unspecified atom stereocenters. The Hall–Kier alpha value is -0.940. The van der Waals surface area contributed by atoms with Crippen LogP contribution in [0.4, 0.5) is 0 Å². The van der Waals surface area contributed by atoms with E-state index >= 15 is 0 Å². The number of likely N-dealkylation sites (tertiary alicyclic amines) is 2. The van der Waals surface area contributed by atoms with Crippen LogP contribution in [-0.4, -0.2) is 60.0 Å². The van der Waals surface area contributed by atoms with Gasteiger partial charge in [0.05, 0.1) is 18.4 Å². The number of amides is 2. The number of carbonyl (C=O) groups excluding carboxylic acids is 2. The van der Waals surface area contributed by atoms with Crippen molar-refractivity contribution in [1.82, 2.24) is 9.80 Å². The summed E-state index contributed by atoms with van der Waals surface area (Å²) in [4.78, 5) is 26.7. The summed E-state index contributed by atoms with van der Waals surface area (Å²) in [6, 6.07) is 0. The van der Waals surface area contributed by atoms with Crippen molar-refractivity contribution in [2.24, 2.45) is 11.8 Å². The molecule has 2 amide bonds. The van der Waals surface area contributed by atoms with Crippen LogP contribution in [0, 0.1) is 11.8 Å². The van der Waals surface area contributed by atoms with Crippen molar-refractivity contribution in [3.8, 4) is 0 Å². The van der Waals surface area contributed by atoms with E-state index in [0.717, 1.165) is 13.0 Å². The first kappa shape index (κ1) is 10.6. The third-order valence-electron chi connectivity index (χ3n) is 3.41. The lowest BCUT2D eigenvalue weighted by Crippen LogP contribution is -2.42. The second-order valence-electron chi connectivity index (χ2n) is 4.26. The van der Waals surface area contributed by atoms with E-state index in [1.807, 2.05) is 4.90 Å². The molecular weight excluding hydrogens is 196 g/mol. The quantitative estimate of drug-likeness (QED) is 0.591. The van der Waals surface area contributed by atoms with Gasteiger partial charge in [-0.2, -0.15) is 0 Å². The van der Waals surface area contributed by atoms with Crippen molar-refractivity contribution >= 4 is 11.8 Å². The Morgan fingerprint density at radius 3 is 2.67 bits per heavy atom. The van der Waals surface area contributed by atoms with Gasteiger partial charge in [-0.05, 0) is 13.0 Å². The van der Waals surface area contributed by atoms with E-state index < -0.39 is 0 Å². The monoisotopic (exact) mass is 212 g/mol. The number of rotatable bonds is 2. The van der Waals surface area contributed by atoms with Gasteiger partial charge in [0.15, 0.2) is 0 Å². The lowest BCUT2D eigenvalue weighted by Gasteiger charge is -2.31. The zero-order valence-corrected chi connectivity index (χ0v) is 8.85. The predicted octanol–water partition coefficient (Wildman–Crippen LogP) is -1.08. The number of hydrogen-bond acceptors (Lipinski definition) is 4. The highest BCUT2D eigenvalue weighted by molar-refractivity contribution is 6.05. The van der Waals surface area contributed by atoms with Crippen molar-refractivity contribution in [2.45, 2.75) is 6.42 Å².